The molecule has 2 unspecified atom stereocenters. The third-order valence-electron chi connectivity index (χ3n) is 3.76. The predicted molar refractivity (Wildman–Crippen MR) is 88.2 cm³/mol. The summed E-state index contributed by atoms with van der Waals surface area (Å²) >= 11 is 18.5. The average Bonchev–Trinajstić information content (AvgIpc) is 2.66. The fourth-order valence-electron chi connectivity index (χ4n) is 2.18. The lowest BCUT2D eigenvalue weighted by molar-refractivity contribution is 0.262. The van der Waals surface area contributed by atoms with Gasteiger partial charge in [0.25, 0.3) is 0 Å². The summed E-state index contributed by atoms with van der Waals surface area (Å²) < 4.78 is 2.18. The second-order valence-electron chi connectivity index (χ2n) is 6.25. The highest BCUT2D eigenvalue weighted by atomic mass is 35.5. The summed E-state index contributed by atoms with van der Waals surface area (Å²) in [7, 11) is 0. The van der Waals surface area contributed by atoms with Gasteiger partial charge in [-0.2, -0.15) is 0 Å². The first kappa shape index (κ1) is 15.9. The summed E-state index contributed by atoms with van der Waals surface area (Å²) in [6, 6.07) is 3.91. The van der Waals surface area contributed by atoms with E-state index in [1.54, 1.807) is 6.07 Å². The normalized spacial score (nSPS) is 15.6. The van der Waals surface area contributed by atoms with Crippen LogP contribution < -0.4 is 0 Å². The van der Waals surface area contributed by atoms with Gasteiger partial charge in [-0.15, -0.1) is 11.6 Å². The van der Waals surface area contributed by atoms with E-state index >= 15 is 0 Å². The van der Waals surface area contributed by atoms with Gasteiger partial charge in [-0.25, -0.2) is 4.98 Å². The molecule has 1 aromatic heterocycles. The Kier molecular flexibility index (Phi) is 4.30. The molecule has 2 aromatic rings. The number of hydrogen-bond donors (Lipinski definition) is 0. The van der Waals surface area contributed by atoms with Crippen LogP contribution in [-0.4, -0.2) is 9.55 Å². The molecule has 2 atom stereocenters. The van der Waals surface area contributed by atoms with E-state index in [4.69, 9.17) is 34.8 Å². The fourth-order valence-corrected chi connectivity index (χ4v) is 2.65. The van der Waals surface area contributed by atoms with Crippen molar-refractivity contribution in [3.8, 4) is 0 Å². The Labute approximate surface area is 135 Å². The number of nitrogens with zero attached hydrogens (tertiary/aromatic N) is 2. The zero-order chi connectivity index (χ0) is 15.2. The van der Waals surface area contributed by atoms with Crippen molar-refractivity contribution in [3.63, 3.8) is 0 Å². The zero-order valence-electron chi connectivity index (χ0n) is 12.3. The number of imidazole rings is 1. The third kappa shape index (κ3) is 2.79. The van der Waals surface area contributed by atoms with Gasteiger partial charge >= 0.3 is 0 Å². The monoisotopic (exact) mass is 332 g/mol. The van der Waals surface area contributed by atoms with Crippen molar-refractivity contribution >= 4 is 45.8 Å². The summed E-state index contributed by atoms with van der Waals surface area (Å²) in [5.74, 6) is 0.849. The van der Waals surface area contributed by atoms with Gasteiger partial charge in [-0.3, -0.25) is 0 Å². The molecule has 0 N–H and O–H groups in total. The third-order valence-corrected chi connectivity index (χ3v) is 4.67. The standard InChI is InChI=1S/C15H19Cl3N2/c1-8(16)14-19-12-6-10(17)11(18)7-13(12)20(14)9(2)15(3,4)5/h6-9H,1-5H3. The van der Waals surface area contributed by atoms with Crippen LogP contribution in [0.4, 0.5) is 0 Å². The smallest absolute Gasteiger partial charge is 0.127 e. The Bertz CT molecular complexity index is 639. The maximum Gasteiger partial charge on any atom is 0.127 e. The summed E-state index contributed by atoms with van der Waals surface area (Å²) in [6.45, 7) is 10.7. The number of aromatic nitrogens is 2. The highest BCUT2D eigenvalue weighted by Gasteiger charge is 2.27. The SMILES string of the molecule is CC(Cl)c1nc2cc(Cl)c(Cl)cc2n1C(C)C(C)(C)C. The van der Waals surface area contributed by atoms with Crippen molar-refractivity contribution in [2.75, 3.05) is 0 Å². The molecule has 1 aromatic carbocycles. The second kappa shape index (κ2) is 5.40. The van der Waals surface area contributed by atoms with E-state index in [0.29, 0.717) is 10.0 Å². The maximum absolute atomic E-state index is 6.30. The predicted octanol–water partition coefficient (Wildman–Crippen LogP) is 6.25. The van der Waals surface area contributed by atoms with E-state index in [9.17, 15) is 0 Å². The first-order valence-corrected chi connectivity index (χ1v) is 7.83. The van der Waals surface area contributed by atoms with Crippen LogP contribution in [0.15, 0.2) is 12.1 Å². The van der Waals surface area contributed by atoms with Crippen LogP contribution >= 0.6 is 34.8 Å². The maximum atomic E-state index is 6.30. The lowest BCUT2D eigenvalue weighted by Crippen LogP contribution is -2.23. The summed E-state index contributed by atoms with van der Waals surface area (Å²) in [6.07, 6.45) is 0. The van der Waals surface area contributed by atoms with Crippen molar-refractivity contribution in [2.24, 2.45) is 5.41 Å². The molecule has 0 amide bonds. The number of alkyl halides is 1. The molecular formula is C15H19Cl3N2. The minimum Gasteiger partial charge on any atom is -0.323 e. The number of fused-ring (bicyclic) bond motifs is 1. The van der Waals surface area contributed by atoms with Gasteiger partial charge in [0.05, 0.1) is 26.5 Å². The number of halogens is 3. The van der Waals surface area contributed by atoms with Crippen molar-refractivity contribution in [1.29, 1.82) is 0 Å². The second-order valence-corrected chi connectivity index (χ2v) is 7.72. The zero-order valence-corrected chi connectivity index (χ0v) is 14.6. The van der Waals surface area contributed by atoms with Gasteiger partial charge in [0.1, 0.15) is 5.82 Å². The van der Waals surface area contributed by atoms with Crippen molar-refractivity contribution < 1.29 is 0 Å². The molecular weight excluding hydrogens is 315 g/mol. The molecule has 110 valence electrons. The van der Waals surface area contributed by atoms with Gasteiger partial charge < -0.3 is 4.57 Å². The van der Waals surface area contributed by atoms with E-state index in [1.807, 2.05) is 13.0 Å². The molecule has 2 nitrogen and oxygen atoms in total. The minimum absolute atomic E-state index is 0.0836. The molecule has 5 heteroatoms. The molecule has 0 radical (unpaired) electrons. The first-order chi connectivity index (χ1) is 9.12. The van der Waals surface area contributed by atoms with Crippen molar-refractivity contribution in [1.82, 2.24) is 9.55 Å². The van der Waals surface area contributed by atoms with E-state index in [1.165, 1.54) is 0 Å². The number of rotatable bonds is 2. The van der Waals surface area contributed by atoms with Crippen LogP contribution in [0, 0.1) is 5.41 Å². The molecule has 0 saturated heterocycles. The first-order valence-electron chi connectivity index (χ1n) is 6.64. The van der Waals surface area contributed by atoms with Crippen LogP contribution in [0.2, 0.25) is 10.0 Å². The van der Waals surface area contributed by atoms with E-state index in [2.05, 4.69) is 37.2 Å². The van der Waals surface area contributed by atoms with Crippen molar-refractivity contribution in [3.05, 3.63) is 28.0 Å². The Morgan fingerprint density at radius 1 is 1.10 bits per heavy atom. The highest BCUT2D eigenvalue weighted by Crippen LogP contribution is 2.38. The van der Waals surface area contributed by atoms with Gasteiger partial charge in [0.15, 0.2) is 0 Å². The Hall–Kier alpha value is -0.440. The Balaban J connectivity index is 2.78. The Morgan fingerprint density at radius 2 is 1.65 bits per heavy atom. The summed E-state index contributed by atoms with van der Waals surface area (Å²) in [5, 5.41) is 0.876. The van der Waals surface area contributed by atoms with Crippen LogP contribution in [0.25, 0.3) is 11.0 Å². The Morgan fingerprint density at radius 3 is 2.15 bits per heavy atom. The molecule has 1 heterocycles. The van der Waals surface area contributed by atoms with E-state index in [-0.39, 0.29) is 16.8 Å². The van der Waals surface area contributed by atoms with Gasteiger partial charge in [-0.05, 0) is 31.4 Å². The van der Waals surface area contributed by atoms with Crippen molar-refractivity contribution in [2.45, 2.75) is 46.0 Å². The number of benzene rings is 1. The van der Waals surface area contributed by atoms with Crippen LogP contribution in [0.5, 0.6) is 0 Å². The van der Waals surface area contributed by atoms with Gasteiger partial charge in [0.2, 0.25) is 0 Å². The fraction of sp³-hybridized carbons (Fsp3) is 0.533. The average molecular weight is 334 g/mol. The lowest BCUT2D eigenvalue weighted by Gasteiger charge is -2.31. The molecule has 20 heavy (non-hydrogen) atoms. The molecule has 0 aliphatic heterocycles. The molecule has 2 rings (SSSR count). The molecule has 0 aliphatic carbocycles. The molecule has 0 spiro atoms. The highest BCUT2D eigenvalue weighted by molar-refractivity contribution is 6.42. The topological polar surface area (TPSA) is 17.8 Å². The summed E-state index contributed by atoms with van der Waals surface area (Å²) in [4.78, 5) is 4.64. The summed E-state index contributed by atoms with van der Waals surface area (Å²) in [5.41, 5.74) is 1.89. The van der Waals surface area contributed by atoms with Crippen LogP contribution in [0.3, 0.4) is 0 Å². The van der Waals surface area contributed by atoms with E-state index < -0.39 is 0 Å². The van der Waals surface area contributed by atoms with Crippen LogP contribution in [0.1, 0.15) is 51.9 Å². The quantitative estimate of drug-likeness (QED) is 0.594. The largest absolute Gasteiger partial charge is 0.323 e. The van der Waals surface area contributed by atoms with Gasteiger partial charge in [-0.1, -0.05) is 44.0 Å². The minimum atomic E-state index is -0.176. The molecule has 0 aliphatic rings. The molecule has 0 saturated carbocycles. The van der Waals surface area contributed by atoms with Crippen LogP contribution in [-0.2, 0) is 0 Å². The van der Waals surface area contributed by atoms with E-state index in [0.717, 1.165) is 16.9 Å². The lowest BCUT2D eigenvalue weighted by atomic mass is 9.87. The molecule has 0 fully saturated rings. The number of hydrogen-bond acceptors (Lipinski definition) is 1. The molecule has 0 bridgehead atoms. The van der Waals surface area contributed by atoms with Gasteiger partial charge in [0, 0.05) is 6.04 Å².